The zero-order valence-corrected chi connectivity index (χ0v) is 14.0. The lowest BCUT2D eigenvalue weighted by molar-refractivity contribution is -0.387. The molecule has 8 nitrogen and oxygen atoms in total. The first-order chi connectivity index (χ1) is 11.4. The molecule has 1 saturated carbocycles. The van der Waals surface area contributed by atoms with Crippen LogP contribution in [0.1, 0.15) is 25.7 Å². The Morgan fingerprint density at radius 2 is 2.12 bits per heavy atom. The van der Waals surface area contributed by atoms with Crippen LogP contribution >= 0.6 is 0 Å². The van der Waals surface area contributed by atoms with Crippen LogP contribution in [0, 0.1) is 10.1 Å². The summed E-state index contributed by atoms with van der Waals surface area (Å²) in [6.45, 7) is 1.85. The molecular weight excluding hydrogens is 334 g/mol. The lowest BCUT2D eigenvalue weighted by Crippen LogP contribution is -2.63. The van der Waals surface area contributed by atoms with Gasteiger partial charge in [0, 0.05) is 19.2 Å². The molecule has 1 aliphatic heterocycles. The van der Waals surface area contributed by atoms with E-state index < -0.39 is 32.3 Å². The van der Waals surface area contributed by atoms with Crippen LogP contribution in [0.25, 0.3) is 0 Å². The number of nitro benzene ring substituents is 1. The Kier molecular flexibility index (Phi) is 4.86. The van der Waals surface area contributed by atoms with Gasteiger partial charge in [-0.2, -0.15) is 0 Å². The van der Waals surface area contributed by atoms with Crippen molar-refractivity contribution in [2.75, 3.05) is 19.7 Å². The summed E-state index contributed by atoms with van der Waals surface area (Å²) >= 11 is 0. The first kappa shape index (κ1) is 17.3. The van der Waals surface area contributed by atoms with Crippen molar-refractivity contribution in [1.82, 2.24) is 10.0 Å². The number of morpholine rings is 1. The van der Waals surface area contributed by atoms with Gasteiger partial charge in [-0.1, -0.05) is 25.0 Å². The van der Waals surface area contributed by atoms with Gasteiger partial charge in [0.05, 0.1) is 23.2 Å². The number of rotatable bonds is 4. The molecule has 2 atom stereocenters. The molecule has 24 heavy (non-hydrogen) atoms. The monoisotopic (exact) mass is 355 g/mol. The molecule has 2 fully saturated rings. The molecule has 2 aliphatic rings. The molecule has 0 amide bonds. The minimum atomic E-state index is -4.01. The number of para-hydroxylation sites is 1. The third kappa shape index (κ3) is 3.30. The number of nitrogens with zero attached hydrogens (tertiary/aromatic N) is 1. The summed E-state index contributed by atoms with van der Waals surface area (Å²) in [6, 6.07) is 4.99. The van der Waals surface area contributed by atoms with E-state index >= 15 is 0 Å². The summed E-state index contributed by atoms with van der Waals surface area (Å²) in [5.41, 5.74) is -0.995. The molecule has 1 aliphatic carbocycles. The second kappa shape index (κ2) is 6.75. The summed E-state index contributed by atoms with van der Waals surface area (Å²) in [7, 11) is -4.01. The van der Waals surface area contributed by atoms with E-state index in [0.717, 1.165) is 25.8 Å². The van der Waals surface area contributed by atoms with Crippen molar-refractivity contribution in [2.45, 2.75) is 42.2 Å². The van der Waals surface area contributed by atoms with Crippen LogP contribution in [0.5, 0.6) is 0 Å². The molecule has 1 heterocycles. The van der Waals surface area contributed by atoms with E-state index in [9.17, 15) is 18.5 Å². The molecule has 1 saturated heterocycles. The third-order valence-electron chi connectivity index (χ3n) is 4.72. The highest BCUT2D eigenvalue weighted by molar-refractivity contribution is 7.89. The highest BCUT2D eigenvalue weighted by Gasteiger charge is 2.45. The smallest absolute Gasteiger partial charge is 0.289 e. The zero-order chi connectivity index (χ0) is 17.2. The number of nitrogens with one attached hydrogen (secondary N) is 2. The van der Waals surface area contributed by atoms with Crippen LogP contribution < -0.4 is 10.0 Å². The maximum atomic E-state index is 12.8. The Hall–Kier alpha value is -1.55. The van der Waals surface area contributed by atoms with Crippen LogP contribution in [0.2, 0.25) is 0 Å². The molecule has 3 rings (SSSR count). The second-order valence-corrected chi connectivity index (χ2v) is 7.92. The van der Waals surface area contributed by atoms with Gasteiger partial charge in [0.2, 0.25) is 10.0 Å². The molecule has 9 heteroatoms. The Morgan fingerprint density at radius 1 is 1.33 bits per heavy atom. The number of ether oxygens (including phenoxy) is 1. The van der Waals surface area contributed by atoms with Crippen molar-refractivity contribution >= 4 is 15.7 Å². The fraction of sp³-hybridized carbons (Fsp3) is 0.600. The van der Waals surface area contributed by atoms with Crippen LogP contribution in [0.15, 0.2) is 29.2 Å². The standard InChI is InChI=1S/C15H21N3O5S/c19-18(20)12-5-1-2-6-13(12)24(21,22)17-14-7-3-4-8-15(14)11-16-9-10-23-15/h1-2,5-6,14,16-17H,3-4,7-11H2/t14-,15+/m1/s1. The molecule has 0 bridgehead atoms. The van der Waals surface area contributed by atoms with E-state index in [0.29, 0.717) is 19.6 Å². The van der Waals surface area contributed by atoms with Gasteiger partial charge in [-0.25, -0.2) is 13.1 Å². The molecule has 2 N–H and O–H groups in total. The van der Waals surface area contributed by atoms with Crippen molar-refractivity contribution in [3.8, 4) is 0 Å². The first-order valence-electron chi connectivity index (χ1n) is 8.05. The van der Waals surface area contributed by atoms with Crippen molar-refractivity contribution in [3.05, 3.63) is 34.4 Å². The van der Waals surface area contributed by atoms with Crippen LogP contribution in [-0.2, 0) is 14.8 Å². The Labute approximate surface area is 140 Å². The van der Waals surface area contributed by atoms with Gasteiger partial charge in [-0.3, -0.25) is 10.1 Å². The third-order valence-corrected chi connectivity index (χ3v) is 6.24. The van der Waals surface area contributed by atoms with Crippen molar-refractivity contribution in [1.29, 1.82) is 0 Å². The van der Waals surface area contributed by atoms with E-state index in [2.05, 4.69) is 10.0 Å². The minimum Gasteiger partial charge on any atom is -0.371 e. The molecule has 132 valence electrons. The van der Waals surface area contributed by atoms with E-state index in [1.165, 1.54) is 24.3 Å². The van der Waals surface area contributed by atoms with E-state index in [1.54, 1.807) is 0 Å². The van der Waals surface area contributed by atoms with Crippen molar-refractivity contribution < 1.29 is 18.1 Å². The normalized spacial score (nSPS) is 27.9. The first-order valence-corrected chi connectivity index (χ1v) is 9.53. The van der Waals surface area contributed by atoms with Gasteiger partial charge in [0.15, 0.2) is 4.90 Å². The molecular formula is C15H21N3O5S. The Bertz CT molecular complexity index is 707. The van der Waals surface area contributed by atoms with E-state index in [4.69, 9.17) is 4.74 Å². The predicted octanol–water partition coefficient (Wildman–Crippen LogP) is 1.17. The van der Waals surface area contributed by atoms with Crippen molar-refractivity contribution in [2.24, 2.45) is 0 Å². The summed E-state index contributed by atoms with van der Waals surface area (Å²) in [6.07, 6.45) is 3.30. The number of sulfonamides is 1. The molecule has 1 aromatic carbocycles. The Balaban J connectivity index is 1.89. The van der Waals surface area contributed by atoms with Crippen LogP contribution in [0.3, 0.4) is 0 Å². The minimum absolute atomic E-state index is 0.306. The lowest BCUT2D eigenvalue weighted by atomic mass is 9.80. The predicted molar refractivity (Wildman–Crippen MR) is 87.2 cm³/mol. The maximum absolute atomic E-state index is 12.8. The van der Waals surface area contributed by atoms with E-state index in [1.807, 2.05) is 0 Å². The molecule has 0 radical (unpaired) electrons. The zero-order valence-electron chi connectivity index (χ0n) is 13.2. The highest BCUT2D eigenvalue weighted by atomic mass is 32.2. The van der Waals surface area contributed by atoms with Gasteiger partial charge >= 0.3 is 0 Å². The molecule has 0 aromatic heterocycles. The van der Waals surface area contributed by atoms with Gasteiger partial charge in [0.25, 0.3) is 5.69 Å². The topological polar surface area (TPSA) is 111 Å². The Morgan fingerprint density at radius 3 is 2.83 bits per heavy atom. The average molecular weight is 355 g/mol. The van der Waals surface area contributed by atoms with Crippen LogP contribution in [0.4, 0.5) is 5.69 Å². The largest absolute Gasteiger partial charge is 0.371 e. The van der Waals surface area contributed by atoms with Gasteiger partial charge < -0.3 is 10.1 Å². The number of benzene rings is 1. The number of hydrogen-bond donors (Lipinski definition) is 2. The van der Waals surface area contributed by atoms with Crippen LogP contribution in [-0.4, -0.2) is 44.7 Å². The van der Waals surface area contributed by atoms with Crippen molar-refractivity contribution in [3.63, 3.8) is 0 Å². The lowest BCUT2D eigenvalue weighted by Gasteiger charge is -2.46. The molecule has 0 unspecified atom stereocenters. The SMILES string of the molecule is O=[N+]([O-])c1ccccc1S(=O)(=O)N[C@@H]1CCCC[C@]12CNCCO2. The van der Waals surface area contributed by atoms with Gasteiger partial charge in [-0.15, -0.1) is 0 Å². The summed E-state index contributed by atoms with van der Waals surface area (Å²) in [5.74, 6) is 0. The van der Waals surface area contributed by atoms with Gasteiger partial charge in [-0.05, 0) is 18.9 Å². The summed E-state index contributed by atoms with van der Waals surface area (Å²) in [5, 5.41) is 14.4. The highest BCUT2D eigenvalue weighted by Crippen LogP contribution is 2.34. The maximum Gasteiger partial charge on any atom is 0.289 e. The summed E-state index contributed by atoms with van der Waals surface area (Å²) < 4.78 is 34.1. The molecule has 1 spiro atoms. The van der Waals surface area contributed by atoms with Gasteiger partial charge in [0.1, 0.15) is 0 Å². The van der Waals surface area contributed by atoms with E-state index in [-0.39, 0.29) is 4.90 Å². The molecule has 1 aromatic rings. The quantitative estimate of drug-likeness (QED) is 0.620. The fourth-order valence-electron chi connectivity index (χ4n) is 3.52. The fourth-order valence-corrected chi connectivity index (χ4v) is 5.03. The number of nitro groups is 1. The number of hydrogen-bond acceptors (Lipinski definition) is 6. The second-order valence-electron chi connectivity index (χ2n) is 6.23. The average Bonchev–Trinajstić information content (AvgIpc) is 2.58. The summed E-state index contributed by atoms with van der Waals surface area (Å²) in [4.78, 5) is 10.2.